The van der Waals surface area contributed by atoms with Gasteiger partial charge in [-0.25, -0.2) is 0 Å². The normalized spacial score (nSPS) is 16.1. The number of primary amides is 1. The Morgan fingerprint density at radius 3 is 2.55 bits per heavy atom. The third-order valence-corrected chi connectivity index (χ3v) is 6.05. The summed E-state index contributed by atoms with van der Waals surface area (Å²) in [7, 11) is -0.588. The van der Waals surface area contributed by atoms with Crippen molar-refractivity contribution in [3.63, 3.8) is 0 Å². The molecule has 2 aromatic carbocycles. The molecule has 3 heteroatoms. The Hall–Kier alpha value is -2.13. The Bertz CT molecular complexity index is 777. The van der Waals surface area contributed by atoms with Gasteiger partial charge in [0.2, 0.25) is 5.91 Å². The van der Waals surface area contributed by atoms with Gasteiger partial charge in [-0.2, -0.15) is 0 Å². The number of hydrogen-bond acceptors (Lipinski definition) is 1. The highest BCUT2D eigenvalue weighted by molar-refractivity contribution is 6.71. The third-order valence-electron chi connectivity index (χ3n) is 4.43. The first-order valence-electron chi connectivity index (χ1n) is 7.51. The largest absolute Gasteiger partial charge is 0.366 e. The maximum atomic E-state index is 11.9. The van der Waals surface area contributed by atoms with E-state index >= 15 is 0 Å². The van der Waals surface area contributed by atoms with Crippen molar-refractivity contribution in [1.82, 2.24) is 0 Å². The molecule has 2 aromatic rings. The fourth-order valence-electron chi connectivity index (χ4n) is 3.39. The summed E-state index contributed by atoms with van der Waals surface area (Å²) >= 11 is 0. The van der Waals surface area contributed by atoms with Gasteiger partial charge < -0.3 is 5.73 Å². The van der Waals surface area contributed by atoms with Crippen molar-refractivity contribution in [1.29, 1.82) is 0 Å². The number of nitrogens with two attached hydrogens (primary N) is 1. The van der Waals surface area contributed by atoms with E-state index in [0.717, 1.165) is 5.56 Å². The number of fused-ring (bicyclic) bond motifs is 1. The lowest BCUT2D eigenvalue weighted by molar-refractivity contribution is 0.0999. The van der Waals surface area contributed by atoms with E-state index in [1.54, 1.807) is 0 Å². The van der Waals surface area contributed by atoms with Crippen LogP contribution in [-0.2, 0) is 0 Å². The lowest BCUT2D eigenvalue weighted by Crippen LogP contribution is -2.29. The molecule has 1 atom stereocenters. The fraction of sp³-hybridized carbons (Fsp3) is 0.211. The summed E-state index contributed by atoms with van der Waals surface area (Å²) in [6.45, 7) is 6.68. The van der Waals surface area contributed by atoms with E-state index in [0.29, 0.717) is 5.56 Å². The zero-order valence-corrected chi connectivity index (χ0v) is 14.2. The summed E-state index contributed by atoms with van der Waals surface area (Å²) in [5.74, 6) is -0.219. The predicted octanol–water partition coefficient (Wildman–Crippen LogP) is 3.21. The van der Waals surface area contributed by atoms with Gasteiger partial charge in [-0.1, -0.05) is 60.8 Å². The smallest absolute Gasteiger partial charge is 0.249 e. The van der Waals surface area contributed by atoms with E-state index in [1.165, 1.54) is 21.9 Å². The van der Waals surface area contributed by atoms with E-state index in [4.69, 9.17) is 5.73 Å². The van der Waals surface area contributed by atoms with E-state index < -0.39 is 8.80 Å². The van der Waals surface area contributed by atoms with Gasteiger partial charge in [0.25, 0.3) is 0 Å². The van der Waals surface area contributed by atoms with Crippen LogP contribution in [0.2, 0.25) is 13.1 Å². The van der Waals surface area contributed by atoms with Gasteiger partial charge in [0.05, 0.1) is 8.80 Å². The Kier molecular flexibility index (Phi) is 3.75. The van der Waals surface area contributed by atoms with Crippen LogP contribution in [0.15, 0.2) is 42.5 Å². The summed E-state index contributed by atoms with van der Waals surface area (Å²) in [5, 5.41) is 1.38. The number of benzene rings is 2. The number of allylic oxidation sites excluding steroid dienone is 1. The van der Waals surface area contributed by atoms with Crippen LogP contribution in [0.4, 0.5) is 0 Å². The van der Waals surface area contributed by atoms with E-state index in [9.17, 15) is 4.79 Å². The average molecular weight is 306 g/mol. The van der Waals surface area contributed by atoms with Gasteiger partial charge in [0.1, 0.15) is 0 Å². The summed E-state index contributed by atoms with van der Waals surface area (Å²) in [4.78, 5) is 11.9. The Morgan fingerprint density at radius 1 is 1.14 bits per heavy atom. The second-order valence-electron chi connectivity index (χ2n) is 6.03. The molecule has 0 bridgehead atoms. The van der Waals surface area contributed by atoms with Crippen LogP contribution in [-0.4, -0.2) is 14.7 Å². The van der Waals surface area contributed by atoms with Gasteiger partial charge in [0, 0.05) is 11.5 Å². The van der Waals surface area contributed by atoms with Crippen LogP contribution < -0.4 is 10.9 Å². The van der Waals surface area contributed by atoms with Crippen molar-refractivity contribution in [2.75, 3.05) is 0 Å². The Labute approximate surface area is 133 Å². The lowest BCUT2D eigenvalue weighted by atomic mass is 9.86. The molecule has 111 valence electrons. The molecule has 1 unspecified atom stereocenters. The molecule has 2 nitrogen and oxygen atoms in total. The van der Waals surface area contributed by atoms with Crippen molar-refractivity contribution in [3.05, 3.63) is 70.3 Å². The second kappa shape index (κ2) is 5.58. The highest BCUT2D eigenvalue weighted by Gasteiger charge is 2.26. The van der Waals surface area contributed by atoms with Crippen LogP contribution >= 0.6 is 0 Å². The molecule has 0 aromatic heterocycles. The molecule has 0 saturated heterocycles. The topological polar surface area (TPSA) is 43.1 Å². The SMILES string of the molecule is Cc1c([Si](C)C)ccc(C(N)=O)c1C1C=Cc2ccccc21. The fourth-order valence-corrected chi connectivity index (χ4v) is 4.69. The summed E-state index contributed by atoms with van der Waals surface area (Å²) < 4.78 is 0. The molecule has 0 spiro atoms. The molecule has 0 aliphatic heterocycles. The third kappa shape index (κ3) is 2.31. The van der Waals surface area contributed by atoms with Crippen LogP contribution in [0.25, 0.3) is 6.08 Å². The minimum Gasteiger partial charge on any atom is -0.366 e. The first-order chi connectivity index (χ1) is 10.5. The maximum Gasteiger partial charge on any atom is 0.249 e. The standard InChI is InChI=1S/C19H20NOSi/c1-12-17(22(2)3)11-10-16(19(20)21)18(12)15-9-8-13-6-4-5-7-14(13)15/h4-11,15H,1-3H3,(H2,20,21). The van der Waals surface area contributed by atoms with Crippen LogP contribution in [0.5, 0.6) is 0 Å². The molecule has 1 aliphatic carbocycles. The first-order valence-corrected chi connectivity index (χ1v) is 10.0. The maximum absolute atomic E-state index is 11.9. The molecule has 1 radical (unpaired) electrons. The molecular weight excluding hydrogens is 286 g/mol. The molecule has 2 N–H and O–H groups in total. The minimum absolute atomic E-state index is 0.125. The highest BCUT2D eigenvalue weighted by Crippen LogP contribution is 2.37. The van der Waals surface area contributed by atoms with Crippen molar-refractivity contribution < 1.29 is 4.79 Å². The molecule has 0 fully saturated rings. The molecule has 0 heterocycles. The predicted molar refractivity (Wildman–Crippen MR) is 94.1 cm³/mol. The minimum atomic E-state index is -0.588. The lowest BCUT2D eigenvalue weighted by Gasteiger charge is -2.21. The number of carbonyl (C=O) groups excluding carboxylic acids is 1. The van der Waals surface area contributed by atoms with Gasteiger partial charge in [0.15, 0.2) is 0 Å². The number of hydrogen-bond donors (Lipinski definition) is 1. The van der Waals surface area contributed by atoms with E-state index in [-0.39, 0.29) is 11.8 Å². The second-order valence-corrected chi connectivity index (χ2v) is 8.57. The van der Waals surface area contributed by atoms with Crippen LogP contribution in [0.1, 0.15) is 38.5 Å². The molecule has 22 heavy (non-hydrogen) atoms. The summed E-state index contributed by atoms with van der Waals surface area (Å²) in [6, 6.07) is 12.3. The average Bonchev–Trinajstić information content (AvgIpc) is 2.90. The van der Waals surface area contributed by atoms with Crippen molar-refractivity contribution in [2.45, 2.75) is 25.9 Å². The molecule has 1 aliphatic rings. The van der Waals surface area contributed by atoms with Crippen LogP contribution in [0, 0.1) is 6.92 Å². The zero-order valence-electron chi connectivity index (χ0n) is 13.2. The Morgan fingerprint density at radius 2 is 1.86 bits per heavy atom. The Balaban J connectivity index is 2.24. The van der Waals surface area contributed by atoms with Gasteiger partial charge >= 0.3 is 0 Å². The van der Waals surface area contributed by atoms with Crippen LogP contribution in [0.3, 0.4) is 0 Å². The monoisotopic (exact) mass is 306 g/mol. The van der Waals surface area contributed by atoms with E-state index in [2.05, 4.69) is 56.4 Å². The molecule has 3 rings (SSSR count). The number of carbonyl (C=O) groups is 1. The van der Waals surface area contributed by atoms with Crippen molar-refractivity contribution in [3.8, 4) is 0 Å². The quantitative estimate of drug-likeness (QED) is 0.869. The molecular formula is C19H20NOSi. The molecule has 0 saturated carbocycles. The number of amides is 1. The summed E-state index contributed by atoms with van der Waals surface area (Å²) in [5.41, 5.74) is 11.1. The first kappa shape index (κ1) is 14.8. The summed E-state index contributed by atoms with van der Waals surface area (Å²) in [6.07, 6.45) is 4.32. The highest BCUT2D eigenvalue weighted by atomic mass is 28.3. The zero-order chi connectivity index (χ0) is 15.9. The van der Waals surface area contributed by atoms with Gasteiger partial charge in [-0.3, -0.25) is 4.79 Å². The van der Waals surface area contributed by atoms with Gasteiger partial charge in [-0.05, 0) is 35.2 Å². The van der Waals surface area contributed by atoms with Crippen molar-refractivity contribution in [2.24, 2.45) is 5.73 Å². The van der Waals surface area contributed by atoms with E-state index in [1.807, 2.05) is 12.1 Å². The number of rotatable bonds is 3. The van der Waals surface area contributed by atoms with Crippen molar-refractivity contribution >= 4 is 26.0 Å². The molecule has 1 amide bonds. The van der Waals surface area contributed by atoms with Gasteiger partial charge in [-0.15, -0.1) is 0 Å².